The molecule has 1 aliphatic heterocycles. The molecule has 0 bridgehead atoms. The van der Waals surface area contributed by atoms with Crippen molar-refractivity contribution in [3.63, 3.8) is 0 Å². The van der Waals surface area contributed by atoms with Gasteiger partial charge in [0.15, 0.2) is 0 Å². The van der Waals surface area contributed by atoms with Crippen molar-refractivity contribution in [2.75, 3.05) is 13.2 Å². The number of hydrogen-bond donors (Lipinski definition) is 0. The van der Waals surface area contributed by atoms with Crippen LogP contribution in [0.15, 0.2) is 34.3 Å². The van der Waals surface area contributed by atoms with E-state index in [-0.39, 0.29) is 6.09 Å². The fourth-order valence-electron chi connectivity index (χ4n) is 3.28. The van der Waals surface area contributed by atoms with Gasteiger partial charge in [0.1, 0.15) is 0 Å². The topological polar surface area (TPSA) is 34.5 Å². The highest BCUT2D eigenvalue weighted by atomic mass is 79.9. The second-order valence-corrected chi connectivity index (χ2v) is 7.26. The molecular weight excluding hydrogens is 368 g/mol. The number of nitrogens with zero attached hydrogens (tertiary/aromatic N) is 2. The zero-order valence-electron chi connectivity index (χ0n) is 14.4. The molecule has 0 atom stereocenters. The van der Waals surface area contributed by atoms with Crippen molar-refractivity contribution in [2.24, 2.45) is 0 Å². The maximum Gasteiger partial charge on any atom is 0.410 e. The van der Waals surface area contributed by atoms with Crippen molar-refractivity contribution in [3.05, 3.63) is 45.6 Å². The molecule has 128 valence electrons. The molecule has 0 saturated carbocycles. The Bertz CT molecular complexity index is 803. The van der Waals surface area contributed by atoms with Gasteiger partial charge in [-0.25, -0.2) is 4.79 Å². The smallest absolute Gasteiger partial charge is 0.410 e. The Balaban J connectivity index is 2.06. The van der Waals surface area contributed by atoms with Crippen LogP contribution in [0.5, 0.6) is 0 Å². The largest absolute Gasteiger partial charge is 0.450 e. The zero-order chi connectivity index (χ0) is 17.3. The van der Waals surface area contributed by atoms with Crippen LogP contribution in [-0.4, -0.2) is 28.7 Å². The number of carbonyl (C=O) groups excluding carboxylic acids is 1. The van der Waals surface area contributed by atoms with Crippen LogP contribution in [-0.2, 0) is 24.2 Å². The van der Waals surface area contributed by atoms with Crippen LogP contribution in [0.2, 0.25) is 0 Å². The molecule has 2 heterocycles. The van der Waals surface area contributed by atoms with E-state index in [9.17, 15) is 4.79 Å². The van der Waals surface area contributed by atoms with E-state index >= 15 is 0 Å². The van der Waals surface area contributed by atoms with Crippen LogP contribution in [0.1, 0.15) is 32.0 Å². The predicted octanol–water partition coefficient (Wildman–Crippen LogP) is 4.88. The average Bonchev–Trinajstić information content (AvgIpc) is 2.85. The third-order valence-corrected chi connectivity index (χ3v) is 4.92. The molecule has 24 heavy (non-hydrogen) atoms. The number of amides is 1. The number of rotatable bonds is 3. The van der Waals surface area contributed by atoms with Crippen LogP contribution in [0.4, 0.5) is 4.79 Å². The summed E-state index contributed by atoms with van der Waals surface area (Å²) in [6.45, 7) is 8.69. The number of allylic oxidation sites excluding steroid dienone is 2. The molecule has 1 aliphatic rings. The summed E-state index contributed by atoms with van der Waals surface area (Å²) in [7, 11) is 0. The number of ether oxygens (including phenoxy) is 1. The van der Waals surface area contributed by atoms with E-state index in [2.05, 4.69) is 58.6 Å². The number of hydrogen-bond acceptors (Lipinski definition) is 2. The number of carbonyl (C=O) groups is 1. The molecule has 0 aliphatic carbocycles. The normalized spacial score (nSPS) is 13.8. The fraction of sp³-hybridized carbons (Fsp3) is 0.421. The maximum atomic E-state index is 12.1. The van der Waals surface area contributed by atoms with Gasteiger partial charge in [0.2, 0.25) is 0 Å². The molecule has 5 heteroatoms. The van der Waals surface area contributed by atoms with Crippen LogP contribution >= 0.6 is 15.9 Å². The minimum atomic E-state index is -0.219. The first kappa shape index (κ1) is 17.1. The van der Waals surface area contributed by atoms with Crippen molar-refractivity contribution in [1.29, 1.82) is 0 Å². The molecule has 0 radical (unpaired) electrons. The minimum absolute atomic E-state index is 0.219. The molecule has 1 aromatic heterocycles. The van der Waals surface area contributed by atoms with Gasteiger partial charge in [0.25, 0.3) is 0 Å². The maximum absolute atomic E-state index is 12.1. The van der Waals surface area contributed by atoms with E-state index in [1.807, 2.05) is 6.92 Å². The Morgan fingerprint density at radius 1 is 1.38 bits per heavy atom. The predicted molar refractivity (Wildman–Crippen MR) is 100 cm³/mol. The van der Waals surface area contributed by atoms with E-state index in [1.54, 1.807) is 4.90 Å². The van der Waals surface area contributed by atoms with Crippen molar-refractivity contribution >= 4 is 32.9 Å². The van der Waals surface area contributed by atoms with Crippen molar-refractivity contribution in [2.45, 2.75) is 40.3 Å². The van der Waals surface area contributed by atoms with Crippen molar-refractivity contribution in [1.82, 2.24) is 9.47 Å². The summed E-state index contributed by atoms with van der Waals surface area (Å²) in [6.07, 6.45) is 2.89. The van der Waals surface area contributed by atoms with Gasteiger partial charge in [-0.15, -0.1) is 0 Å². The van der Waals surface area contributed by atoms with Crippen LogP contribution in [0.25, 0.3) is 10.9 Å². The molecule has 0 N–H and O–H groups in total. The number of halogens is 1. The molecule has 0 saturated heterocycles. The summed E-state index contributed by atoms with van der Waals surface area (Å²) >= 11 is 3.57. The molecule has 0 spiro atoms. The zero-order valence-corrected chi connectivity index (χ0v) is 16.0. The Kier molecular flexibility index (Phi) is 4.99. The summed E-state index contributed by atoms with van der Waals surface area (Å²) < 4.78 is 8.62. The molecule has 1 amide bonds. The third kappa shape index (κ3) is 3.22. The SMILES string of the molecule is CCOC(=O)N1CCc2c(c3cc(Br)ccc3n2CC=C(C)C)C1. The summed E-state index contributed by atoms with van der Waals surface area (Å²) in [6, 6.07) is 6.39. The average molecular weight is 391 g/mol. The van der Waals surface area contributed by atoms with Crippen molar-refractivity contribution < 1.29 is 9.53 Å². The molecule has 2 aromatic rings. The van der Waals surface area contributed by atoms with E-state index in [4.69, 9.17) is 4.74 Å². The van der Waals surface area contributed by atoms with Gasteiger partial charge in [-0.1, -0.05) is 27.6 Å². The summed E-state index contributed by atoms with van der Waals surface area (Å²) in [5, 5.41) is 1.22. The Hall–Kier alpha value is -1.75. The Labute approximate surface area is 151 Å². The summed E-state index contributed by atoms with van der Waals surface area (Å²) in [4.78, 5) is 13.9. The Morgan fingerprint density at radius 2 is 2.17 bits per heavy atom. The van der Waals surface area contributed by atoms with Gasteiger partial charge in [0.05, 0.1) is 13.2 Å². The third-order valence-electron chi connectivity index (χ3n) is 4.42. The second kappa shape index (κ2) is 7.01. The first-order valence-electron chi connectivity index (χ1n) is 8.35. The standard InChI is InChI=1S/C19H23BrN2O2/c1-4-24-19(23)21-9-8-18-16(12-21)15-11-14(20)5-6-17(15)22(18)10-7-13(2)3/h5-7,11H,4,8-10,12H2,1-3H3. The summed E-state index contributed by atoms with van der Waals surface area (Å²) in [5.74, 6) is 0. The second-order valence-electron chi connectivity index (χ2n) is 6.35. The lowest BCUT2D eigenvalue weighted by Crippen LogP contribution is -2.36. The van der Waals surface area contributed by atoms with Gasteiger partial charge in [-0.05, 0) is 39.0 Å². The molecule has 1 aromatic carbocycles. The van der Waals surface area contributed by atoms with Gasteiger partial charge in [0, 0.05) is 46.1 Å². The lowest BCUT2D eigenvalue weighted by Gasteiger charge is -2.27. The van der Waals surface area contributed by atoms with E-state index in [0.717, 1.165) is 17.4 Å². The van der Waals surface area contributed by atoms with Gasteiger partial charge in [-0.2, -0.15) is 0 Å². The number of aromatic nitrogens is 1. The van der Waals surface area contributed by atoms with Gasteiger partial charge < -0.3 is 14.2 Å². The fourth-order valence-corrected chi connectivity index (χ4v) is 3.64. The lowest BCUT2D eigenvalue weighted by atomic mass is 10.0. The molecule has 0 unspecified atom stereocenters. The van der Waals surface area contributed by atoms with Crippen LogP contribution < -0.4 is 0 Å². The summed E-state index contributed by atoms with van der Waals surface area (Å²) in [5.41, 5.74) is 5.12. The lowest BCUT2D eigenvalue weighted by molar-refractivity contribution is 0.102. The van der Waals surface area contributed by atoms with Crippen LogP contribution in [0, 0.1) is 0 Å². The van der Waals surface area contributed by atoms with E-state index in [0.29, 0.717) is 19.7 Å². The highest BCUT2D eigenvalue weighted by molar-refractivity contribution is 9.10. The number of benzene rings is 1. The highest BCUT2D eigenvalue weighted by Crippen LogP contribution is 2.33. The highest BCUT2D eigenvalue weighted by Gasteiger charge is 2.27. The first-order chi connectivity index (χ1) is 11.5. The van der Waals surface area contributed by atoms with Crippen molar-refractivity contribution in [3.8, 4) is 0 Å². The van der Waals surface area contributed by atoms with E-state index < -0.39 is 0 Å². The van der Waals surface area contributed by atoms with Gasteiger partial charge in [-0.3, -0.25) is 0 Å². The molecular formula is C19H23BrN2O2. The minimum Gasteiger partial charge on any atom is -0.450 e. The number of fused-ring (bicyclic) bond motifs is 3. The molecule has 4 nitrogen and oxygen atoms in total. The first-order valence-corrected chi connectivity index (χ1v) is 9.15. The van der Waals surface area contributed by atoms with Gasteiger partial charge >= 0.3 is 6.09 Å². The van der Waals surface area contributed by atoms with E-state index in [1.165, 1.54) is 27.7 Å². The van der Waals surface area contributed by atoms with Crippen LogP contribution in [0.3, 0.4) is 0 Å². The Morgan fingerprint density at radius 3 is 2.88 bits per heavy atom. The quantitative estimate of drug-likeness (QED) is 0.699. The monoisotopic (exact) mass is 390 g/mol. The molecule has 0 fully saturated rings. The molecule has 3 rings (SSSR count).